The predicted molar refractivity (Wildman–Crippen MR) is 37.3 cm³/mol. The summed E-state index contributed by atoms with van der Waals surface area (Å²) in [6.45, 7) is 0. The zero-order valence-corrected chi connectivity index (χ0v) is 6.06. The molecule has 0 aromatic heterocycles. The highest BCUT2D eigenvalue weighted by atomic mass is 32.1. The summed E-state index contributed by atoms with van der Waals surface area (Å²) >= 11 is 3.76. The van der Waals surface area contributed by atoms with Crippen molar-refractivity contribution in [3.05, 3.63) is 0 Å². The second-order valence-electron chi connectivity index (χ2n) is 1.41. The molecule has 0 heterocycles. The van der Waals surface area contributed by atoms with Crippen molar-refractivity contribution in [2.24, 2.45) is 5.73 Å². The van der Waals surface area contributed by atoms with E-state index in [1.54, 1.807) is 5.48 Å². The van der Waals surface area contributed by atoms with Gasteiger partial charge in [-0.2, -0.15) is 18.1 Å². The number of thiol groups is 1. The van der Waals surface area contributed by atoms with Crippen LogP contribution in [0.4, 0.5) is 4.79 Å². The summed E-state index contributed by atoms with van der Waals surface area (Å²) in [5.74, 6) is -0.187. The van der Waals surface area contributed by atoms with Crippen LogP contribution < -0.4 is 11.2 Å². The van der Waals surface area contributed by atoms with Crippen LogP contribution in [0.1, 0.15) is 6.42 Å². The SMILES string of the molecule is NC(=O)NOC(=O)CCS. The number of carbonyl (C=O) groups is 2. The molecular weight excluding hydrogens is 156 g/mol. The summed E-state index contributed by atoms with van der Waals surface area (Å²) in [7, 11) is 0. The fourth-order valence-corrected chi connectivity index (χ4v) is 0.432. The zero-order valence-electron chi connectivity index (χ0n) is 5.16. The number of carbonyl (C=O) groups excluding carboxylic acids is 2. The monoisotopic (exact) mass is 164 g/mol. The van der Waals surface area contributed by atoms with Gasteiger partial charge in [0.15, 0.2) is 0 Å². The van der Waals surface area contributed by atoms with Crippen LogP contribution in [0.5, 0.6) is 0 Å². The number of urea groups is 1. The van der Waals surface area contributed by atoms with E-state index in [1.807, 2.05) is 0 Å². The van der Waals surface area contributed by atoms with E-state index >= 15 is 0 Å². The molecule has 0 aliphatic rings. The molecule has 0 saturated heterocycles. The maximum atomic E-state index is 10.4. The van der Waals surface area contributed by atoms with E-state index in [1.165, 1.54) is 0 Å². The van der Waals surface area contributed by atoms with Crippen LogP contribution in [0, 0.1) is 0 Å². The van der Waals surface area contributed by atoms with Crippen molar-refractivity contribution in [1.29, 1.82) is 0 Å². The van der Waals surface area contributed by atoms with Gasteiger partial charge in [0.05, 0.1) is 6.42 Å². The first kappa shape index (κ1) is 9.09. The van der Waals surface area contributed by atoms with Gasteiger partial charge in [-0.1, -0.05) is 0 Å². The molecule has 0 bridgehead atoms. The lowest BCUT2D eigenvalue weighted by molar-refractivity contribution is -0.148. The Kier molecular flexibility index (Phi) is 4.47. The summed E-state index contributed by atoms with van der Waals surface area (Å²) in [6.07, 6.45) is 0.142. The van der Waals surface area contributed by atoms with Crippen molar-refractivity contribution >= 4 is 24.6 Å². The third-order valence-corrected chi connectivity index (χ3v) is 0.805. The average molecular weight is 164 g/mol. The lowest BCUT2D eigenvalue weighted by atomic mass is 10.5. The molecule has 0 aromatic carbocycles. The van der Waals surface area contributed by atoms with Gasteiger partial charge in [0.25, 0.3) is 0 Å². The Morgan fingerprint density at radius 3 is 2.60 bits per heavy atom. The number of hydrogen-bond donors (Lipinski definition) is 3. The number of hydroxylamine groups is 1. The average Bonchev–Trinajstić information content (AvgIpc) is 1.85. The van der Waals surface area contributed by atoms with Crippen molar-refractivity contribution in [2.45, 2.75) is 6.42 Å². The van der Waals surface area contributed by atoms with E-state index in [9.17, 15) is 9.59 Å². The first-order valence-electron chi connectivity index (χ1n) is 2.52. The Hall–Kier alpha value is -0.910. The molecule has 3 N–H and O–H groups in total. The van der Waals surface area contributed by atoms with Gasteiger partial charge in [-0.05, 0) is 0 Å². The van der Waals surface area contributed by atoms with Gasteiger partial charge in [-0.15, -0.1) is 0 Å². The van der Waals surface area contributed by atoms with Gasteiger partial charge < -0.3 is 10.6 Å². The van der Waals surface area contributed by atoms with Crippen LogP contribution in [0.3, 0.4) is 0 Å². The molecule has 0 saturated carbocycles. The topological polar surface area (TPSA) is 81.4 Å². The molecule has 0 aliphatic heterocycles. The summed E-state index contributed by atoms with van der Waals surface area (Å²) < 4.78 is 0. The van der Waals surface area contributed by atoms with Gasteiger partial charge in [-0.3, -0.25) is 0 Å². The van der Waals surface area contributed by atoms with E-state index in [2.05, 4.69) is 23.2 Å². The van der Waals surface area contributed by atoms with Crippen LogP contribution >= 0.6 is 12.6 Å². The van der Waals surface area contributed by atoms with Crippen LogP contribution in [-0.4, -0.2) is 17.8 Å². The van der Waals surface area contributed by atoms with E-state index in [0.29, 0.717) is 5.75 Å². The fourth-order valence-electron chi connectivity index (χ4n) is 0.250. The van der Waals surface area contributed by atoms with Crippen molar-refractivity contribution in [1.82, 2.24) is 5.48 Å². The molecule has 0 radical (unpaired) electrons. The van der Waals surface area contributed by atoms with Crippen molar-refractivity contribution < 1.29 is 14.4 Å². The number of rotatable bonds is 2. The third kappa shape index (κ3) is 5.23. The van der Waals surface area contributed by atoms with Gasteiger partial charge in [0, 0.05) is 5.75 Å². The summed E-state index contributed by atoms with van der Waals surface area (Å²) in [5, 5.41) is 0. The van der Waals surface area contributed by atoms with Crippen molar-refractivity contribution in [2.75, 3.05) is 5.75 Å². The zero-order chi connectivity index (χ0) is 7.98. The smallest absolute Gasteiger partial charge is 0.345 e. The molecule has 5 nitrogen and oxygen atoms in total. The number of amides is 2. The minimum absolute atomic E-state index is 0.142. The second kappa shape index (κ2) is 4.92. The fraction of sp³-hybridized carbons (Fsp3) is 0.500. The molecular formula is C4H8N2O3S. The first-order chi connectivity index (χ1) is 4.66. The molecule has 6 heteroatoms. The minimum Gasteiger partial charge on any atom is -0.349 e. The van der Waals surface area contributed by atoms with Crippen molar-refractivity contribution in [3.8, 4) is 0 Å². The Balaban J connectivity index is 3.30. The second-order valence-corrected chi connectivity index (χ2v) is 1.86. The Morgan fingerprint density at radius 1 is 1.60 bits per heavy atom. The molecule has 0 atom stereocenters. The highest BCUT2D eigenvalue weighted by molar-refractivity contribution is 7.80. The molecule has 58 valence electrons. The van der Waals surface area contributed by atoms with Crippen molar-refractivity contribution in [3.63, 3.8) is 0 Å². The van der Waals surface area contributed by atoms with Gasteiger partial charge in [0.2, 0.25) is 0 Å². The van der Waals surface area contributed by atoms with E-state index in [4.69, 9.17) is 0 Å². The lowest BCUT2D eigenvalue weighted by Crippen LogP contribution is -2.31. The highest BCUT2D eigenvalue weighted by Crippen LogP contribution is 1.85. The number of primary amides is 1. The quantitative estimate of drug-likeness (QED) is 0.377. The number of hydrogen-bond acceptors (Lipinski definition) is 4. The Morgan fingerprint density at radius 2 is 2.20 bits per heavy atom. The lowest BCUT2D eigenvalue weighted by Gasteiger charge is -1.99. The Labute approximate surface area is 63.3 Å². The van der Waals surface area contributed by atoms with Gasteiger partial charge >= 0.3 is 12.0 Å². The number of nitrogens with two attached hydrogens (primary N) is 1. The third-order valence-electron chi connectivity index (χ3n) is 0.581. The van der Waals surface area contributed by atoms with Crippen LogP contribution in [0.2, 0.25) is 0 Å². The molecule has 0 rings (SSSR count). The molecule has 0 fully saturated rings. The van der Waals surface area contributed by atoms with Crippen LogP contribution in [0.25, 0.3) is 0 Å². The maximum Gasteiger partial charge on any atom is 0.345 e. The van der Waals surface area contributed by atoms with Gasteiger partial charge in [-0.25, -0.2) is 9.59 Å². The van der Waals surface area contributed by atoms with E-state index in [0.717, 1.165) is 0 Å². The maximum absolute atomic E-state index is 10.4. The molecule has 0 aliphatic carbocycles. The summed E-state index contributed by atoms with van der Waals surface area (Å²) in [4.78, 5) is 24.5. The van der Waals surface area contributed by atoms with Crippen LogP contribution in [0.15, 0.2) is 0 Å². The van der Waals surface area contributed by atoms with E-state index < -0.39 is 12.0 Å². The summed E-state index contributed by atoms with van der Waals surface area (Å²) in [5.41, 5.74) is 6.28. The largest absolute Gasteiger partial charge is 0.349 e. The molecule has 2 amide bonds. The summed E-state index contributed by atoms with van der Waals surface area (Å²) in [6, 6.07) is -0.896. The minimum atomic E-state index is -0.896. The molecule has 0 spiro atoms. The van der Waals surface area contributed by atoms with Crippen LogP contribution in [-0.2, 0) is 9.63 Å². The Bertz CT molecular complexity index is 138. The normalized spacial score (nSPS) is 8.50. The molecule has 0 aromatic rings. The highest BCUT2D eigenvalue weighted by Gasteiger charge is 2.01. The molecule has 10 heavy (non-hydrogen) atoms. The van der Waals surface area contributed by atoms with E-state index in [-0.39, 0.29) is 6.42 Å². The first-order valence-corrected chi connectivity index (χ1v) is 3.16. The molecule has 0 unspecified atom stereocenters. The standard InChI is InChI=1S/C4H8N2O3S/c5-4(8)6-9-3(7)1-2-10/h10H,1-2H2,(H3,5,6,8). The number of nitrogens with one attached hydrogen (secondary N) is 1. The van der Waals surface area contributed by atoms with Gasteiger partial charge in [0.1, 0.15) is 0 Å². The predicted octanol–water partition coefficient (Wildman–Crippen LogP) is -0.567.